The van der Waals surface area contributed by atoms with Crippen molar-refractivity contribution in [3.05, 3.63) is 10.4 Å². The van der Waals surface area contributed by atoms with Gasteiger partial charge in [-0.25, -0.2) is 0 Å². The zero-order valence-electron chi connectivity index (χ0n) is 71.6. The van der Waals surface area contributed by atoms with Crippen molar-refractivity contribution in [2.45, 2.75) is 376 Å². The van der Waals surface area contributed by atoms with Gasteiger partial charge in [0.25, 0.3) is 0 Å². The molecule has 25 aliphatic rings. The summed E-state index contributed by atoms with van der Waals surface area (Å²) >= 11 is 0. The average Bonchev–Trinajstić information content (AvgIpc) is 0.771. The van der Waals surface area contributed by atoms with Gasteiger partial charge >= 0.3 is 37.0 Å². The SMILES string of the molecule is CC(C(=O)O)C12CC3(C)CC(C)(CC(O)(C3)C1)C2.CC(C(=O)O)C12CC3CC(C)(CC(C)(C3)C1)C2.CC12CC3(C)CC(O)(C1)CC(C(N)C(=O)N1CCC[C@H]1B(O)O)(C2)C3.CC12CC3CC(C1)CC(CC(=O)O)(C3)C2.COC(=O)C(N=[N+]=[N-])C12CC3CC(C)(CC(C)(C3)C1)C2.COC(=O)CC12CC3CC(C)(CC(C)(C3)C1)C2. The number of aliphatic carboxylic acids is 3. The minimum absolute atomic E-state index is 0.000787. The van der Waals surface area contributed by atoms with Gasteiger partial charge in [-0.05, 0) is 371 Å². The van der Waals surface area contributed by atoms with E-state index >= 15 is 0 Å². The van der Waals surface area contributed by atoms with Gasteiger partial charge in [0.05, 0.1) is 62.1 Å². The highest BCUT2D eigenvalue weighted by molar-refractivity contribution is 6.43. The largest absolute Gasteiger partial charge is 0.481 e. The molecule has 1 saturated heterocycles. The second-order valence-electron chi connectivity index (χ2n) is 49.6. The molecule has 0 aromatic carbocycles. The van der Waals surface area contributed by atoms with Crippen molar-refractivity contribution in [2.24, 2.45) is 144 Å². The van der Waals surface area contributed by atoms with E-state index in [0.29, 0.717) is 82.5 Å². The van der Waals surface area contributed by atoms with Gasteiger partial charge in [-0.2, -0.15) is 0 Å². The van der Waals surface area contributed by atoms with Crippen molar-refractivity contribution >= 4 is 42.9 Å². The molecule has 0 aromatic rings. The molecule has 1 heterocycles. The lowest BCUT2D eigenvalue weighted by Crippen LogP contribution is -2.69. The number of nitrogens with two attached hydrogens (primary N) is 1. The number of hydrogen-bond acceptors (Lipinski definition) is 14. The lowest BCUT2D eigenvalue weighted by molar-refractivity contribution is -0.238. The van der Waals surface area contributed by atoms with Gasteiger partial charge in [-0.15, -0.1) is 0 Å². The van der Waals surface area contributed by atoms with E-state index in [1.165, 1.54) is 136 Å². The fraction of sp³-hybridized carbons (Fsp3) is 0.934. The number of carbonyl (C=O) groups excluding carboxylic acids is 3. The Bertz CT molecular complexity index is 3600. The molecule has 1 aliphatic heterocycles. The van der Waals surface area contributed by atoms with E-state index in [0.717, 1.165) is 126 Å². The third-order valence-corrected chi connectivity index (χ3v) is 35.6. The molecule has 21 heteroatoms. The summed E-state index contributed by atoms with van der Waals surface area (Å²) in [6.45, 7) is 30.0. The van der Waals surface area contributed by atoms with Crippen LogP contribution in [0.1, 0.15) is 347 Å². The highest BCUT2D eigenvalue weighted by Gasteiger charge is 2.71. The Labute approximate surface area is 669 Å². The molecule has 628 valence electrons. The number of amides is 1. The molecule has 1 amide bonds. The molecular formula is C91H146BN5O15. The van der Waals surface area contributed by atoms with Crippen molar-refractivity contribution in [1.29, 1.82) is 0 Å². The Morgan fingerprint density at radius 3 is 1.21 bits per heavy atom. The maximum absolute atomic E-state index is 13.2. The number of methoxy groups -OCH3 is 2. The number of hydrogen-bond donors (Lipinski definition) is 8. The van der Waals surface area contributed by atoms with Crippen LogP contribution in [0.25, 0.3) is 10.4 Å². The number of azide groups is 1. The number of carboxylic acid groups (broad SMARTS) is 3. The van der Waals surface area contributed by atoms with Gasteiger partial charge in [0.15, 0.2) is 0 Å². The van der Waals surface area contributed by atoms with Gasteiger partial charge in [0, 0.05) is 11.5 Å². The molecule has 24 bridgehead atoms. The van der Waals surface area contributed by atoms with Gasteiger partial charge < -0.3 is 55.7 Å². The number of aliphatic hydroxyl groups is 2. The molecule has 24 aliphatic carbocycles. The number of nitrogens with zero attached hydrogens (tertiary/aromatic N) is 4. The van der Waals surface area contributed by atoms with Crippen molar-refractivity contribution < 1.29 is 73.8 Å². The first-order chi connectivity index (χ1) is 51.5. The van der Waals surface area contributed by atoms with E-state index in [1.54, 1.807) is 4.90 Å². The van der Waals surface area contributed by atoms with Crippen molar-refractivity contribution in [2.75, 3.05) is 20.8 Å². The number of rotatable bonds is 14. The molecule has 16 unspecified atom stereocenters. The molecule has 17 atom stereocenters. The first-order valence-electron chi connectivity index (χ1n) is 44.3. The third kappa shape index (κ3) is 15.8. The minimum atomic E-state index is -1.52. The van der Waals surface area contributed by atoms with Crippen molar-refractivity contribution in [3.63, 3.8) is 0 Å². The highest BCUT2D eigenvalue weighted by atomic mass is 16.5. The molecule has 0 aromatic heterocycles. The van der Waals surface area contributed by atoms with Gasteiger partial charge in [0.1, 0.15) is 6.04 Å². The van der Waals surface area contributed by atoms with E-state index in [4.69, 9.17) is 25.8 Å². The van der Waals surface area contributed by atoms with Crippen LogP contribution in [0.4, 0.5) is 0 Å². The molecule has 20 nitrogen and oxygen atoms in total. The lowest BCUT2D eigenvalue weighted by atomic mass is 9.37. The van der Waals surface area contributed by atoms with Gasteiger partial charge in [0.2, 0.25) is 5.91 Å². The smallest absolute Gasteiger partial charge is 0.475 e. The summed E-state index contributed by atoms with van der Waals surface area (Å²) in [4.78, 5) is 75.4. The summed E-state index contributed by atoms with van der Waals surface area (Å²) in [6.07, 6.45) is 42.9. The fourth-order valence-corrected chi connectivity index (χ4v) is 38.7. The van der Waals surface area contributed by atoms with Crippen LogP contribution >= 0.6 is 0 Å². The van der Waals surface area contributed by atoms with E-state index in [1.807, 2.05) is 13.8 Å². The van der Waals surface area contributed by atoms with Gasteiger partial charge in [-0.3, -0.25) is 28.8 Å². The van der Waals surface area contributed by atoms with E-state index in [-0.39, 0.29) is 83.8 Å². The maximum Gasteiger partial charge on any atom is 0.475 e. The summed E-state index contributed by atoms with van der Waals surface area (Å²) in [7, 11) is 1.38. The second-order valence-corrected chi connectivity index (χ2v) is 49.6. The number of carbonyl (C=O) groups is 6. The van der Waals surface area contributed by atoms with E-state index in [9.17, 15) is 59.2 Å². The molecule has 0 radical (unpaired) electrons. The van der Waals surface area contributed by atoms with Crippen molar-refractivity contribution in [3.8, 4) is 0 Å². The molecular weight excluding hydrogens is 1410 g/mol. The first kappa shape index (κ1) is 84.4. The van der Waals surface area contributed by atoms with Crippen LogP contribution in [-0.2, 0) is 38.2 Å². The predicted molar refractivity (Wildman–Crippen MR) is 428 cm³/mol. The predicted octanol–water partition coefficient (Wildman–Crippen LogP) is 17.4. The Balaban J connectivity index is 0.000000112. The maximum atomic E-state index is 13.2. The van der Waals surface area contributed by atoms with Crippen LogP contribution in [0, 0.1) is 133 Å². The van der Waals surface area contributed by atoms with E-state index < -0.39 is 54.3 Å². The van der Waals surface area contributed by atoms with E-state index in [2.05, 4.69) is 86.2 Å². The Hall–Kier alpha value is -4.01. The molecule has 112 heavy (non-hydrogen) atoms. The Morgan fingerprint density at radius 1 is 0.455 bits per heavy atom. The minimum Gasteiger partial charge on any atom is -0.481 e. The normalized spacial score (nSPS) is 51.3. The first-order valence-corrected chi connectivity index (χ1v) is 44.3. The Morgan fingerprint density at radius 2 is 0.821 bits per heavy atom. The fourth-order valence-electron chi connectivity index (χ4n) is 38.7. The lowest BCUT2D eigenvalue weighted by Gasteiger charge is -2.69. The molecule has 24 saturated carbocycles. The quantitative estimate of drug-likeness (QED) is 0.0263. The summed E-state index contributed by atoms with van der Waals surface area (Å²) in [5.41, 5.74) is 17.2. The Kier molecular flexibility index (Phi) is 20.8. The summed E-state index contributed by atoms with van der Waals surface area (Å²) in [5, 5.41) is 72.9. The number of ether oxygens (including phenoxy) is 2. The van der Waals surface area contributed by atoms with Crippen molar-refractivity contribution in [1.82, 2.24) is 4.90 Å². The average molecular weight is 1560 g/mol. The standard InChI is InChI=1S/C18H31BN2O4.C15H23N3O2.C15H24O3.2C15H24O2.C13H20O2/c1-15-6-16(2)8-17(7-15,11-18(23,9-15)10-16)13(20)14(22)21-5-3-4-12(21)19(24)25;1-13-4-10-5-14(2,7-13)9-15(6-10,8-13)11(17-18-16)12(19)20-3;1-10(11(16)17)14-5-12(2)4-13(3,6-14)8-15(18,7-12)9-14;1-13-4-11-5-14(2,8-13)10-15(6-11,9-13)7-12(16)17-3;1-10(12(16)17)15-6-11-4-13(2,8-15)7-14(3,5-11)9-15;1-12-3-9-2-10(4-12)6-13(5-9,8-12)7-11(14)15/h12-13,23-25H,3-11,20H2,1-2H3;10-11H,4-9H2,1-3H3;10,18H,4-9H2,1-3H3,(H,16,17);11H,4-10H2,1-3H3;10-11H,4-9H2,1-3H3,(H,16,17);9-10H,2-8H2,1H3,(H,14,15)/t12-,13?,15?,16?,17?,18?;;;;;/m0...../s1. The summed E-state index contributed by atoms with van der Waals surface area (Å²) in [6, 6.07) is -1.34. The zero-order chi connectivity index (χ0) is 81.7. The van der Waals surface area contributed by atoms with Crippen LogP contribution in [-0.4, -0.2) is 133 Å². The monoisotopic (exact) mass is 1560 g/mol. The van der Waals surface area contributed by atoms with Crippen LogP contribution in [0.5, 0.6) is 0 Å². The summed E-state index contributed by atoms with van der Waals surface area (Å²) in [5.74, 6) is 0.550. The topological polar surface area (TPSA) is 341 Å². The molecule has 25 fully saturated rings. The number of carboxylic acids is 3. The van der Waals surface area contributed by atoms with Crippen LogP contribution in [0.3, 0.4) is 0 Å². The number of esters is 2. The summed E-state index contributed by atoms with van der Waals surface area (Å²) < 4.78 is 9.83. The van der Waals surface area contributed by atoms with Crippen LogP contribution in [0.15, 0.2) is 5.11 Å². The highest BCUT2D eigenvalue weighted by Crippen LogP contribution is 2.77. The second kappa shape index (κ2) is 27.5. The van der Waals surface area contributed by atoms with Crippen LogP contribution < -0.4 is 5.73 Å². The third-order valence-electron chi connectivity index (χ3n) is 35.6. The van der Waals surface area contributed by atoms with Crippen LogP contribution in [0.2, 0.25) is 0 Å². The molecule has 9 N–H and O–H groups in total. The van der Waals surface area contributed by atoms with Gasteiger partial charge in [-0.1, -0.05) is 95.1 Å². The molecule has 0 spiro atoms. The number of likely N-dealkylation sites (tertiary alicyclic amines) is 1. The zero-order valence-corrected chi connectivity index (χ0v) is 71.6. The molecule has 25 rings (SSSR count).